The van der Waals surface area contributed by atoms with Crippen LogP contribution in [0.1, 0.15) is 31.3 Å². The van der Waals surface area contributed by atoms with Gasteiger partial charge < -0.3 is 15.5 Å². The number of hydrogen-bond donors (Lipinski definition) is 2. The van der Waals surface area contributed by atoms with E-state index in [0.29, 0.717) is 0 Å². The predicted molar refractivity (Wildman–Crippen MR) is 53.2 cm³/mol. The number of halogens is 1. The highest BCUT2D eigenvalue weighted by atomic mass is 35.5. The predicted octanol–water partition coefficient (Wildman–Crippen LogP) is 1.60. The normalized spacial score (nSPS) is 11.4. The summed E-state index contributed by atoms with van der Waals surface area (Å²) in [6.07, 6.45) is 0. The molecule has 0 fully saturated rings. The summed E-state index contributed by atoms with van der Waals surface area (Å²) in [7, 11) is 0. The number of nitrogens with zero attached hydrogens (tertiary/aromatic N) is 1. The summed E-state index contributed by atoms with van der Waals surface area (Å²) in [5, 5.41) is 0.0942. The molecule has 1 aromatic heterocycles. The van der Waals surface area contributed by atoms with Crippen LogP contribution < -0.4 is 5.73 Å². The fourth-order valence-electron chi connectivity index (χ4n) is 0.831. The minimum atomic E-state index is -0.588. The molecule has 0 atom stereocenters. The smallest absolute Gasteiger partial charge is 0.360 e. The molecule has 0 unspecified atom stereocenters. The van der Waals surface area contributed by atoms with Crippen LogP contribution in [0, 0.1) is 0 Å². The molecule has 0 bridgehead atoms. The van der Waals surface area contributed by atoms with Crippen LogP contribution >= 0.6 is 11.6 Å². The molecule has 0 radical (unpaired) electrons. The highest BCUT2D eigenvalue weighted by Gasteiger charge is 2.22. The minimum Gasteiger partial charge on any atom is -0.455 e. The summed E-state index contributed by atoms with van der Waals surface area (Å²) in [6, 6.07) is 0. The number of nitrogens with one attached hydrogen (secondary N) is 1. The van der Waals surface area contributed by atoms with Crippen molar-refractivity contribution in [3.05, 3.63) is 10.8 Å². The Balaban J connectivity index is 2.85. The maximum Gasteiger partial charge on any atom is 0.360 e. The summed E-state index contributed by atoms with van der Waals surface area (Å²) in [5.41, 5.74) is 4.76. The molecule has 0 spiro atoms. The van der Waals surface area contributed by atoms with Gasteiger partial charge in [0.1, 0.15) is 10.8 Å². The molecule has 3 N–H and O–H groups in total. The number of aromatic nitrogens is 2. The molecule has 0 aliphatic rings. The number of carbonyl (C=O) groups is 1. The molecule has 0 amide bonds. The monoisotopic (exact) mass is 217 g/mol. The van der Waals surface area contributed by atoms with Crippen LogP contribution in [0.4, 0.5) is 5.95 Å². The molecule has 14 heavy (non-hydrogen) atoms. The molecule has 1 rings (SSSR count). The minimum absolute atomic E-state index is 0.0130. The lowest BCUT2D eigenvalue weighted by Crippen LogP contribution is -2.24. The van der Waals surface area contributed by atoms with Crippen molar-refractivity contribution in [2.45, 2.75) is 26.4 Å². The van der Waals surface area contributed by atoms with Gasteiger partial charge in [0.2, 0.25) is 0 Å². The van der Waals surface area contributed by atoms with E-state index in [1.54, 1.807) is 20.8 Å². The highest BCUT2D eigenvalue weighted by Crippen LogP contribution is 2.17. The topological polar surface area (TPSA) is 81.0 Å². The Morgan fingerprint density at radius 3 is 2.50 bits per heavy atom. The summed E-state index contributed by atoms with van der Waals surface area (Å²) in [6.45, 7) is 5.28. The van der Waals surface area contributed by atoms with Gasteiger partial charge in [-0.2, -0.15) is 0 Å². The van der Waals surface area contributed by atoms with E-state index in [9.17, 15) is 4.79 Å². The van der Waals surface area contributed by atoms with E-state index in [1.807, 2.05) is 0 Å². The van der Waals surface area contributed by atoms with Gasteiger partial charge in [-0.15, -0.1) is 0 Å². The molecule has 0 aliphatic heterocycles. The van der Waals surface area contributed by atoms with Gasteiger partial charge in [-0.3, -0.25) is 0 Å². The van der Waals surface area contributed by atoms with Crippen LogP contribution in [-0.2, 0) is 4.74 Å². The number of rotatable bonds is 1. The highest BCUT2D eigenvalue weighted by molar-refractivity contribution is 6.32. The maximum atomic E-state index is 11.4. The Labute approximate surface area is 86.6 Å². The quantitative estimate of drug-likeness (QED) is 0.701. The number of esters is 1. The molecule has 0 saturated heterocycles. The van der Waals surface area contributed by atoms with Gasteiger partial charge >= 0.3 is 5.97 Å². The lowest BCUT2D eigenvalue weighted by Gasteiger charge is -2.18. The second kappa shape index (κ2) is 3.49. The third-order valence-corrected chi connectivity index (χ3v) is 1.54. The zero-order chi connectivity index (χ0) is 10.9. The van der Waals surface area contributed by atoms with Crippen molar-refractivity contribution in [3.63, 3.8) is 0 Å². The molecule has 1 aromatic rings. The van der Waals surface area contributed by atoms with E-state index in [-0.39, 0.29) is 16.8 Å². The maximum absolute atomic E-state index is 11.4. The fourth-order valence-corrected chi connectivity index (χ4v) is 1.05. The van der Waals surface area contributed by atoms with Crippen LogP contribution in [-0.4, -0.2) is 21.5 Å². The van der Waals surface area contributed by atoms with Crippen molar-refractivity contribution in [2.24, 2.45) is 0 Å². The molecular weight excluding hydrogens is 206 g/mol. The SMILES string of the molecule is CC(C)(C)OC(=O)c1nc(N)[nH]c1Cl. The first-order valence-electron chi connectivity index (χ1n) is 4.04. The van der Waals surface area contributed by atoms with Crippen molar-refractivity contribution < 1.29 is 9.53 Å². The van der Waals surface area contributed by atoms with Gasteiger partial charge in [-0.25, -0.2) is 9.78 Å². The summed E-state index contributed by atoms with van der Waals surface area (Å²) in [4.78, 5) is 17.7. The van der Waals surface area contributed by atoms with Crippen molar-refractivity contribution >= 4 is 23.5 Å². The van der Waals surface area contributed by atoms with Crippen LogP contribution in [0.5, 0.6) is 0 Å². The fraction of sp³-hybridized carbons (Fsp3) is 0.500. The van der Waals surface area contributed by atoms with Gasteiger partial charge in [0.05, 0.1) is 0 Å². The lowest BCUT2D eigenvalue weighted by atomic mass is 10.2. The van der Waals surface area contributed by atoms with Crippen LogP contribution in [0.25, 0.3) is 0 Å². The first-order chi connectivity index (χ1) is 6.29. The van der Waals surface area contributed by atoms with Crippen molar-refractivity contribution in [1.29, 1.82) is 0 Å². The number of nitrogens with two attached hydrogens (primary N) is 1. The average molecular weight is 218 g/mol. The number of anilines is 1. The van der Waals surface area contributed by atoms with Gasteiger partial charge in [-0.1, -0.05) is 11.6 Å². The van der Waals surface area contributed by atoms with E-state index < -0.39 is 11.6 Å². The van der Waals surface area contributed by atoms with Crippen LogP contribution in [0.15, 0.2) is 0 Å². The molecule has 0 aliphatic carbocycles. The number of carbonyl (C=O) groups excluding carboxylic acids is 1. The van der Waals surface area contributed by atoms with E-state index in [1.165, 1.54) is 0 Å². The van der Waals surface area contributed by atoms with Gasteiger partial charge in [0.25, 0.3) is 0 Å². The summed E-state index contributed by atoms with van der Waals surface area (Å²) >= 11 is 5.67. The van der Waals surface area contributed by atoms with Crippen LogP contribution in [0.3, 0.4) is 0 Å². The number of hydrogen-bond acceptors (Lipinski definition) is 4. The summed E-state index contributed by atoms with van der Waals surface area (Å²) < 4.78 is 5.06. The molecule has 6 heteroatoms. The molecule has 1 heterocycles. The van der Waals surface area contributed by atoms with E-state index >= 15 is 0 Å². The Bertz CT molecular complexity index is 354. The number of ether oxygens (including phenoxy) is 1. The van der Waals surface area contributed by atoms with Crippen molar-refractivity contribution in [1.82, 2.24) is 9.97 Å². The van der Waals surface area contributed by atoms with Gasteiger partial charge in [0, 0.05) is 0 Å². The Kier molecular flexibility index (Phi) is 2.71. The molecule has 0 saturated carbocycles. The largest absolute Gasteiger partial charge is 0.455 e. The number of H-pyrrole nitrogens is 1. The average Bonchev–Trinajstić information content (AvgIpc) is 2.26. The number of aromatic amines is 1. The molecule has 0 aromatic carbocycles. The third kappa shape index (κ3) is 2.63. The standard InChI is InChI=1S/C8H12ClN3O2/c1-8(2,3)14-6(13)4-5(9)12-7(10)11-4/h1-3H3,(H3,10,11,12). The number of nitrogen functional groups attached to an aromatic ring is 1. The van der Waals surface area contributed by atoms with E-state index in [4.69, 9.17) is 22.1 Å². The molecule has 5 nitrogen and oxygen atoms in total. The van der Waals surface area contributed by atoms with E-state index in [2.05, 4.69) is 9.97 Å². The second-order valence-corrected chi connectivity index (χ2v) is 4.16. The second-order valence-electron chi connectivity index (χ2n) is 3.79. The van der Waals surface area contributed by atoms with Crippen molar-refractivity contribution in [2.75, 3.05) is 5.73 Å². The Morgan fingerprint density at radius 2 is 2.14 bits per heavy atom. The zero-order valence-electron chi connectivity index (χ0n) is 8.22. The van der Waals surface area contributed by atoms with Crippen LogP contribution in [0.2, 0.25) is 5.15 Å². The summed E-state index contributed by atoms with van der Waals surface area (Å²) in [5.74, 6) is -0.494. The van der Waals surface area contributed by atoms with Crippen molar-refractivity contribution in [3.8, 4) is 0 Å². The number of imidazole rings is 1. The third-order valence-electron chi connectivity index (χ3n) is 1.27. The molecular formula is C8H12ClN3O2. The van der Waals surface area contributed by atoms with Gasteiger partial charge in [0.15, 0.2) is 11.6 Å². The first-order valence-corrected chi connectivity index (χ1v) is 4.42. The van der Waals surface area contributed by atoms with Gasteiger partial charge in [-0.05, 0) is 20.8 Å². The zero-order valence-corrected chi connectivity index (χ0v) is 8.97. The Hall–Kier alpha value is -1.23. The lowest BCUT2D eigenvalue weighted by molar-refractivity contribution is 0.00638. The Morgan fingerprint density at radius 1 is 1.57 bits per heavy atom. The van der Waals surface area contributed by atoms with E-state index in [0.717, 1.165) is 0 Å². The molecule has 78 valence electrons. The first kappa shape index (κ1) is 10.8.